The van der Waals surface area contributed by atoms with Gasteiger partial charge in [-0.3, -0.25) is 15.2 Å². The van der Waals surface area contributed by atoms with Crippen LogP contribution >= 0.6 is 0 Å². The zero-order valence-electron chi connectivity index (χ0n) is 18.3. The fraction of sp³-hybridized carbons (Fsp3) is 0.520. The zero-order chi connectivity index (χ0) is 20.8. The van der Waals surface area contributed by atoms with E-state index in [0.29, 0.717) is 12.1 Å². The van der Waals surface area contributed by atoms with Crippen LogP contribution in [0.2, 0.25) is 0 Å². The number of hydrogen-bond acceptors (Lipinski definition) is 5. The molecule has 0 radical (unpaired) electrons. The fourth-order valence-corrected chi connectivity index (χ4v) is 5.90. The second kappa shape index (κ2) is 7.92. The number of pyridine rings is 1. The topological polar surface area (TPSA) is 60.1 Å². The Kier molecular flexibility index (Phi) is 4.92. The molecule has 0 saturated carbocycles. The Hall–Kier alpha value is -2.44. The number of H-pyrrole nitrogens is 1. The number of fused-ring (bicyclic) bond motifs is 2. The van der Waals surface area contributed by atoms with Crippen LogP contribution in [0.15, 0.2) is 36.5 Å². The van der Waals surface area contributed by atoms with Crippen LogP contribution < -0.4 is 10.2 Å². The van der Waals surface area contributed by atoms with Crippen LogP contribution in [0.25, 0.3) is 11.0 Å². The minimum absolute atomic E-state index is 0.243. The van der Waals surface area contributed by atoms with Gasteiger partial charge in [-0.15, -0.1) is 0 Å². The van der Waals surface area contributed by atoms with Crippen molar-refractivity contribution >= 4 is 16.7 Å². The van der Waals surface area contributed by atoms with Crippen molar-refractivity contribution in [1.29, 1.82) is 0 Å². The number of nitrogens with one attached hydrogen (secondary N) is 2. The lowest BCUT2D eigenvalue weighted by molar-refractivity contribution is 0.231. The first-order valence-corrected chi connectivity index (χ1v) is 11.9. The number of imidazole rings is 1. The highest BCUT2D eigenvalue weighted by Gasteiger charge is 2.32. The summed E-state index contributed by atoms with van der Waals surface area (Å²) in [6.45, 7) is 6.84. The smallest absolute Gasteiger partial charge is 0.124 e. The monoisotopic (exact) mass is 416 g/mol. The lowest BCUT2D eigenvalue weighted by atomic mass is 9.94. The second-order valence-electron chi connectivity index (χ2n) is 9.48. The van der Waals surface area contributed by atoms with E-state index in [2.05, 4.69) is 56.3 Å². The van der Waals surface area contributed by atoms with Gasteiger partial charge < -0.3 is 9.88 Å². The van der Waals surface area contributed by atoms with Crippen molar-refractivity contribution in [3.8, 4) is 0 Å². The molecule has 2 aromatic heterocycles. The summed E-state index contributed by atoms with van der Waals surface area (Å²) in [6.07, 6.45) is 8.01. The van der Waals surface area contributed by atoms with Gasteiger partial charge in [-0.25, -0.2) is 4.98 Å². The minimum Gasteiger partial charge on any atom is -0.367 e. The van der Waals surface area contributed by atoms with Gasteiger partial charge in [0.2, 0.25) is 0 Å². The molecular weight excluding hydrogens is 384 g/mol. The Balaban J connectivity index is 1.27. The van der Waals surface area contributed by atoms with E-state index in [1.807, 2.05) is 12.3 Å². The average molecular weight is 417 g/mol. The molecule has 0 aliphatic carbocycles. The zero-order valence-corrected chi connectivity index (χ0v) is 18.3. The van der Waals surface area contributed by atoms with E-state index in [0.717, 1.165) is 42.8 Å². The number of hydrogen-bond donors (Lipinski definition) is 2. The number of aromatic nitrogens is 3. The molecule has 3 aliphatic rings. The normalized spacial score (nSPS) is 27.0. The first-order valence-electron chi connectivity index (χ1n) is 11.9. The number of piperidine rings is 1. The first-order chi connectivity index (χ1) is 15.3. The lowest BCUT2D eigenvalue weighted by Crippen LogP contribution is -2.50. The number of nitrogens with zero attached hydrogens (tertiary/aromatic N) is 4. The highest BCUT2D eigenvalue weighted by molar-refractivity contribution is 5.89. The Morgan fingerprint density at radius 1 is 0.968 bits per heavy atom. The second-order valence-corrected chi connectivity index (χ2v) is 9.48. The van der Waals surface area contributed by atoms with E-state index in [-0.39, 0.29) is 6.04 Å². The number of benzene rings is 1. The molecule has 3 atom stereocenters. The molecule has 3 saturated heterocycles. The molecule has 1 aromatic carbocycles. The molecular formula is C25H32N6. The summed E-state index contributed by atoms with van der Waals surface area (Å²) < 4.78 is 0. The molecule has 6 heteroatoms. The molecule has 0 amide bonds. The Morgan fingerprint density at radius 2 is 1.90 bits per heavy atom. The Morgan fingerprint density at radius 3 is 2.84 bits per heavy atom. The molecule has 5 heterocycles. The van der Waals surface area contributed by atoms with Gasteiger partial charge in [-0.05, 0) is 69.3 Å². The highest BCUT2D eigenvalue weighted by Crippen LogP contribution is 2.35. The van der Waals surface area contributed by atoms with Crippen LogP contribution in [-0.2, 0) is 0 Å². The molecule has 162 valence electrons. The van der Waals surface area contributed by atoms with E-state index in [4.69, 9.17) is 4.98 Å². The predicted molar refractivity (Wildman–Crippen MR) is 124 cm³/mol. The van der Waals surface area contributed by atoms with Crippen LogP contribution in [-0.4, -0.2) is 52.1 Å². The molecule has 3 fully saturated rings. The van der Waals surface area contributed by atoms with Crippen LogP contribution in [0, 0.1) is 6.92 Å². The number of anilines is 1. The van der Waals surface area contributed by atoms with Gasteiger partial charge in [-0.1, -0.05) is 12.1 Å². The van der Waals surface area contributed by atoms with Crippen LogP contribution in [0.3, 0.4) is 0 Å². The molecule has 0 unspecified atom stereocenters. The molecule has 3 aliphatic heterocycles. The van der Waals surface area contributed by atoms with Crippen molar-refractivity contribution in [1.82, 2.24) is 25.2 Å². The number of aromatic amines is 1. The number of aryl methyl sites for hydroxylation is 1. The van der Waals surface area contributed by atoms with E-state index in [1.165, 1.54) is 49.3 Å². The third kappa shape index (κ3) is 3.52. The van der Waals surface area contributed by atoms with Crippen molar-refractivity contribution in [2.45, 2.75) is 57.2 Å². The third-order valence-electron chi connectivity index (χ3n) is 7.54. The molecule has 31 heavy (non-hydrogen) atoms. The summed E-state index contributed by atoms with van der Waals surface area (Å²) in [5.74, 6) is 1.07. The van der Waals surface area contributed by atoms with Crippen LogP contribution in [0.4, 0.5) is 5.69 Å². The van der Waals surface area contributed by atoms with E-state index < -0.39 is 0 Å². The van der Waals surface area contributed by atoms with Crippen molar-refractivity contribution in [3.63, 3.8) is 0 Å². The molecule has 0 bridgehead atoms. The SMILES string of the molecule is Cc1cccnc1[C@@H]1CCC[C@H](c2nc3c(N4CCN5CCC[C@H]5C4)cccc3[nH]2)N1. The predicted octanol–water partition coefficient (Wildman–Crippen LogP) is 4.11. The highest BCUT2D eigenvalue weighted by atomic mass is 15.3. The van der Waals surface area contributed by atoms with Gasteiger partial charge in [-0.2, -0.15) is 0 Å². The fourth-order valence-electron chi connectivity index (χ4n) is 5.90. The van der Waals surface area contributed by atoms with E-state index in [1.54, 1.807) is 0 Å². The Bertz CT molecular complexity index is 1070. The minimum atomic E-state index is 0.243. The van der Waals surface area contributed by atoms with Crippen molar-refractivity contribution in [2.24, 2.45) is 0 Å². The van der Waals surface area contributed by atoms with Crippen molar-refractivity contribution in [2.75, 3.05) is 31.1 Å². The standard InChI is InChI=1S/C25H32N6/c1-17-6-4-12-26-23(17)19-8-2-10-21(27-19)25-28-20-9-3-11-22(24(20)29-25)31-15-14-30-13-5-7-18(30)16-31/h3-4,6,9,11-12,18-19,21,27H,2,5,7-8,10,13-16H2,1H3,(H,28,29)/t18-,19-,21+/m0/s1. The summed E-state index contributed by atoms with van der Waals surface area (Å²) in [5.41, 5.74) is 6.01. The largest absolute Gasteiger partial charge is 0.367 e. The quantitative estimate of drug-likeness (QED) is 0.673. The van der Waals surface area contributed by atoms with Gasteiger partial charge in [0.05, 0.1) is 29.0 Å². The van der Waals surface area contributed by atoms with Gasteiger partial charge >= 0.3 is 0 Å². The molecule has 2 N–H and O–H groups in total. The molecule has 6 nitrogen and oxygen atoms in total. The number of para-hydroxylation sites is 1. The summed E-state index contributed by atoms with van der Waals surface area (Å²) in [6, 6.07) is 12.0. The summed E-state index contributed by atoms with van der Waals surface area (Å²) in [7, 11) is 0. The van der Waals surface area contributed by atoms with E-state index >= 15 is 0 Å². The average Bonchev–Trinajstić information content (AvgIpc) is 3.46. The van der Waals surface area contributed by atoms with Gasteiger partial charge in [0, 0.05) is 31.9 Å². The molecule has 0 spiro atoms. The van der Waals surface area contributed by atoms with E-state index in [9.17, 15) is 0 Å². The molecule has 3 aromatic rings. The maximum atomic E-state index is 5.15. The summed E-state index contributed by atoms with van der Waals surface area (Å²) >= 11 is 0. The van der Waals surface area contributed by atoms with Crippen molar-refractivity contribution < 1.29 is 0 Å². The lowest BCUT2D eigenvalue weighted by Gasteiger charge is -2.38. The summed E-state index contributed by atoms with van der Waals surface area (Å²) in [4.78, 5) is 18.7. The maximum absolute atomic E-state index is 5.15. The van der Waals surface area contributed by atoms with Crippen LogP contribution in [0.1, 0.15) is 61.3 Å². The third-order valence-corrected chi connectivity index (χ3v) is 7.54. The first kappa shape index (κ1) is 19.3. The Labute approximate surface area is 184 Å². The maximum Gasteiger partial charge on any atom is 0.124 e. The van der Waals surface area contributed by atoms with Crippen LogP contribution in [0.5, 0.6) is 0 Å². The van der Waals surface area contributed by atoms with Gasteiger partial charge in [0.25, 0.3) is 0 Å². The van der Waals surface area contributed by atoms with Gasteiger partial charge in [0.1, 0.15) is 11.3 Å². The molecule has 6 rings (SSSR count). The van der Waals surface area contributed by atoms with Crippen molar-refractivity contribution in [3.05, 3.63) is 53.6 Å². The summed E-state index contributed by atoms with van der Waals surface area (Å²) in [5, 5.41) is 3.84. The number of piperazine rings is 1. The number of rotatable bonds is 3. The van der Waals surface area contributed by atoms with Gasteiger partial charge in [0.15, 0.2) is 0 Å².